The van der Waals surface area contributed by atoms with Gasteiger partial charge in [0.1, 0.15) is 6.04 Å². The first-order valence-electron chi connectivity index (χ1n) is 8.13. The van der Waals surface area contributed by atoms with Gasteiger partial charge in [0.05, 0.1) is 0 Å². The summed E-state index contributed by atoms with van der Waals surface area (Å²) in [4.78, 5) is 18.6. The summed E-state index contributed by atoms with van der Waals surface area (Å²) >= 11 is 0. The van der Waals surface area contributed by atoms with Gasteiger partial charge in [-0.3, -0.25) is 0 Å². The molecule has 6 heteroatoms. The molecule has 1 saturated heterocycles. The van der Waals surface area contributed by atoms with E-state index in [2.05, 4.69) is 29.3 Å². The molecule has 0 spiro atoms. The summed E-state index contributed by atoms with van der Waals surface area (Å²) < 4.78 is 5.38. The molecule has 2 heterocycles. The monoisotopic (exact) mass is 294 g/mol. The van der Waals surface area contributed by atoms with Gasteiger partial charge in [-0.2, -0.15) is 4.98 Å². The van der Waals surface area contributed by atoms with Gasteiger partial charge in [0.15, 0.2) is 5.82 Å². The Morgan fingerprint density at radius 2 is 2.24 bits per heavy atom. The number of piperidine rings is 1. The highest BCUT2D eigenvalue weighted by atomic mass is 16.5. The molecule has 0 aliphatic carbocycles. The van der Waals surface area contributed by atoms with Gasteiger partial charge in [-0.05, 0) is 32.1 Å². The number of carbonyl (C=O) groups excluding carboxylic acids is 1. The number of aryl methyl sites for hydroxylation is 1. The van der Waals surface area contributed by atoms with E-state index in [0.717, 1.165) is 63.9 Å². The van der Waals surface area contributed by atoms with Crippen LogP contribution in [-0.2, 0) is 6.42 Å². The van der Waals surface area contributed by atoms with Crippen LogP contribution >= 0.6 is 0 Å². The fraction of sp³-hybridized carbons (Fsp3) is 0.800. The van der Waals surface area contributed by atoms with E-state index in [0.29, 0.717) is 5.89 Å². The zero-order valence-electron chi connectivity index (χ0n) is 13.1. The van der Waals surface area contributed by atoms with Gasteiger partial charge >= 0.3 is 6.03 Å². The SMILES string of the molecule is CCCCNC(=O)N1CCCC[C@@H]1c1nc(CCC)no1. The topological polar surface area (TPSA) is 71.3 Å². The van der Waals surface area contributed by atoms with Crippen LogP contribution in [0.25, 0.3) is 0 Å². The molecule has 0 bridgehead atoms. The summed E-state index contributed by atoms with van der Waals surface area (Å²) in [5.41, 5.74) is 0. The molecular weight excluding hydrogens is 268 g/mol. The van der Waals surface area contributed by atoms with Crippen molar-refractivity contribution in [3.63, 3.8) is 0 Å². The van der Waals surface area contributed by atoms with Crippen molar-refractivity contribution in [1.82, 2.24) is 20.4 Å². The van der Waals surface area contributed by atoms with Crippen LogP contribution in [0.15, 0.2) is 4.52 Å². The lowest BCUT2D eigenvalue weighted by molar-refractivity contribution is 0.132. The highest BCUT2D eigenvalue weighted by Crippen LogP contribution is 2.29. The molecule has 0 unspecified atom stereocenters. The smallest absolute Gasteiger partial charge is 0.318 e. The van der Waals surface area contributed by atoms with Gasteiger partial charge in [-0.25, -0.2) is 4.79 Å². The maximum absolute atomic E-state index is 12.3. The Morgan fingerprint density at radius 1 is 1.38 bits per heavy atom. The normalized spacial score (nSPS) is 18.8. The fourth-order valence-electron chi connectivity index (χ4n) is 2.63. The molecule has 2 rings (SSSR count). The molecule has 1 aromatic heterocycles. The van der Waals surface area contributed by atoms with Crippen molar-refractivity contribution in [3.8, 4) is 0 Å². The minimum atomic E-state index is -0.0708. The van der Waals surface area contributed by atoms with Crippen LogP contribution < -0.4 is 5.32 Å². The van der Waals surface area contributed by atoms with Crippen molar-refractivity contribution in [1.29, 1.82) is 0 Å². The molecule has 6 nitrogen and oxygen atoms in total. The molecule has 1 aliphatic rings. The zero-order valence-corrected chi connectivity index (χ0v) is 13.1. The summed E-state index contributed by atoms with van der Waals surface area (Å²) in [5, 5.41) is 6.99. The van der Waals surface area contributed by atoms with Crippen molar-refractivity contribution in [2.75, 3.05) is 13.1 Å². The first-order valence-corrected chi connectivity index (χ1v) is 8.13. The Hall–Kier alpha value is -1.59. The van der Waals surface area contributed by atoms with Gasteiger partial charge in [0, 0.05) is 19.5 Å². The molecule has 1 fully saturated rings. The predicted octanol–water partition coefficient (Wildman–Crippen LogP) is 3.06. The van der Waals surface area contributed by atoms with Crippen molar-refractivity contribution in [2.45, 2.75) is 64.8 Å². The maximum Gasteiger partial charge on any atom is 0.318 e. The largest absolute Gasteiger partial charge is 0.338 e. The zero-order chi connectivity index (χ0) is 15.1. The Bertz CT molecular complexity index is 447. The van der Waals surface area contributed by atoms with Crippen molar-refractivity contribution < 1.29 is 9.32 Å². The molecule has 0 radical (unpaired) electrons. The Labute approximate surface area is 126 Å². The standard InChI is InChI=1S/C15H26N4O2/c1-3-5-10-16-15(20)19-11-7-6-9-12(19)14-17-13(8-4-2)18-21-14/h12H,3-11H2,1-2H3,(H,16,20)/t12-/m1/s1. The third kappa shape index (κ3) is 4.19. The fourth-order valence-corrected chi connectivity index (χ4v) is 2.63. The Kier molecular flexibility index (Phi) is 6.02. The van der Waals surface area contributed by atoms with Gasteiger partial charge < -0.3 is 14.7 Å². The van der Waals surface area contributed by atoms with Crippen LogP contribution in [0.5, 0.6) is 0 Å². The first kappa shape index (κ1) is 15.8. The number of aromatic nitrogens is 2. The van der Waals surface area contributed by atoms with E-state index in [1.807, 2.05) is 4.90 Å². The summed E-state index contributed by atoms with van der Waals surface area (Å²) in [6.45, 7) is 5.69. The minimum Gasteiger partial charge on any atom is -0.338 e. The minimum absolute atomic E-state index is 0.0107. The van der Waals surface area contributed by atoms with Crippen LogP contribution in [0.3, 0.4) is 0 Å². The summed E-state index contributed by atoms with van der Waals surface area (Å²) in [6, 6.07) is -0.0816. The van der Waals surface area contributed by atoms with Crippen LogP contribution in [0.2, 0.25) is 0 Å². The molecule has 1 atom stereocenters. The molecule has 0 aromatic carbocycles. The molecule has 1 aromatic rings. The van der Waals surface area contributed by atoms with Crippen molar-refractivity contribution in [3.05, 3.63) is 11.7 Å². The summed E-state index contributed by atoms with van der Waals surface area (Å²) in [6.07, 6.45) is 6.92. The number of rotatable bonds is 6. The van der Waals surface area contributed by atoms with Gasteiger partial charge in [0.25, 0.3) is 0 Å². The number of unbranched alkanes of at least 4 members (excludes halogenated alkanes) is 1. The summed E-state index contributed by atoms with van der Waals surface area (Å²) in [7, 11) is 0. The number of nitrogens with zero attached hydrogens (tertiary/aromatic N) is 3. The Morgan fingerprint density at radius 3 is 3.00 bits per heavy atom. The number of carbonyl (C=O) groups is 1. The second-order valence-electron chi connectivity index (χ2n) is 5.59. The Balaban J connectivity index is 2.01. The van der Waals surface area contributed by atoms with Gasteiger partial charge in [-0.15, -0.1) is 0 Å². The van der Waals surface area contributed by atoms with E-state index >= 15 is 0 Å². The first-order chi connectivity index (χ1) is 10.3. The number of nitrogens with one attached hydrogen (secondary N) is 1. The summed E-state index contributed by atoms with van der Waals surface area (Å²) in [5.74, 6) is 1.33. The molecule has 2 amide bonds. The highest BCUT2D eigenvalue weighted by molar-refractivity contribution is 5.74. The number of likely N-dealkylation sites (tertiary alicyclic amines) is 1. The average molecular weight is 294 g/mol. The molecular formula is C15H26N4O2. The van der Waals surface area contributed by atoms with E-state index in [9.17, 15) is 4.79 Å². The van der Waals surface area contributed by atoms with Gasteiger partial charge in [0.2, 0.25) is 5.89 Å². The number of hydrogen-bond donors (Lipinski definition) is 1. The molecule has 1 N–H and O–H groups in total. The quantitative estimate of drug-likeness (QED) is 0.818. The third-order valence-electron chi connectivity index (χ3n) is 3.81. The van der Waals surface area contributed by atoms with E-state index in [1.54, 1.807) is 0 Å². The number of amides is 2. The van der Waals surface area contributed by atoms with Crippen LogP contribution in [0.4, 0.5) is 4.79 Å². The number of hydrogen-bond acceptors (Lipinski definition) is 4. The second kappa shape index (κ2) is 8.00. The van der Waals surface area contributed by atoms with E-state index < -0.39 is 0 Å². The molecule has 21 heavy (non-hydrogen) atoms. The second-order valence-corrected chi connectivity index (χ2v) is 5.59. The van der Waals surface area contributed by atoms with Gasteiger partial charge in [-0.1, -0.05) is 25.4 Å². The molecule has 1 aliphatic heterocycles. The lowest BCUT2D eigenvalue weighted by Gasteiger charge is -2.33. The van der Waals surface area contributed by atoms with E-state index in [4.69, 9.17) is 4.52 Å². The van der Waals surface area contributed by atoms with E-state index in [-0.39, 0.29) is 12.1 Å². The number of urea groups is 1. The van der Waals surface area contributed by atoms with Crippen molar-refractivity contribution >= 4 is 6.03 Å². The predicted molar refractivity (Wildman–Crippen MR) is 79.9 cm³/mol. The highest BCUT2D eigenvalue weighted by Gasteiger charge is 2.31. The average Bonchev–Trinajstić information content (AvgIpc) is 2.96. The lowest BCUT2D eigenvalue weighted by atomic mass is 10.0. The van der Waals surface area contributed by atoms with Crippen molar-refractivity contribution in [2.24, 2.45) is 0 Å². The van der Waals surface area contributed by atoms with Crippen LogP contribution in [0, 0.1) is 0 Å². The maximum atomic E-state index is 12.3. The van der Waals surface area contributed by atoms with E-state index in [1.165, 1.54) is 0 Å². The molecule has 118 valence electrons. The lowest BCUT2D eigenvalue weighted by Crippen LogP contribution is -2.45. The van der Waals surface area contributed by atoms with Crippen LogP contribution in [-0.4, -0.2) is 34.2 Å². The third-order valence-corrected chi connectivity index (χ3v) is 3.81. The van der Waals surface area contributed by atoms with Crippen LogP contribution in [0.1, 0.15) is 70.1 Å². The molecule has 0 saturated carbocycles.